The standard InChI is InChI=1S/C29H27N5O3S/c1-2-38(36,37)34-18-29(19-34)16-33(17-29)15-20-8-10-22(11-9-20)27-24(21-6-4-3-5-7-21)12-23-14-31-26(28(30)35)13-25(23)32-27/h2-14H,1,15-19H2,(H2,30,35). The predicted octanol–water partition coefficient (Wildman–Crippen LogP) is 3.65. The number of pyridine rings is 2. The van der Waals surface area contributed by atoms with E-state index < -0.39 is 15.9 Å². The molecule has 2 N–H and O–H groups in total. The van der Waals surface area contributed by atoms with E-state index in [2.05, 4.69) is 40.7 Å². The maximum Gasteiger partial charge on any atom is 0.267 e. The quantitative estimate of drug-likeness (QED) is 0.395. The zero-order valence-corrected chi connectivity index (χ0v) is 21.6. The van der Waals surface area contributed by atoms with Gasteiger partial charge >= 0.3 is 0 Å². The summed E-state index contributed by atoms with van der Waals surface area (Å²) in [7, 11) is -3.31. The summed E-state index contributed by atoms with van der Waals surface area (Å²) in [6, 6.07) is 22.1. The highest BCUT2D eigenvalue weighted by Crippen LogP contribution is 2.42. The molecular formula is C29H27N5O3S. The van der Waals surface area contributed by atoms with Gasteiger partial charge in [-0.1, -0.05) is 61.2 Å². The van der Waals surface area contributed by atoms with Crippen LogP contribution in [0.3, 0.4) is 0 Å². The number of rotatable bonds is 7. The fourth-order valence-corrected chi connectivity index (χ4v) is 6.61. The van der Waals surface area contributed by atoms with E-state index in [1.54, 1.807) is 12.3 Å². The van der Waals surface area contributed by atoms with Gasteiger partial charge in [-0.25, -0.2) is 13.4 Å². The highest BCUT2D eigenvalue weighted by atomic mass is 32.2. The van der Waals surface area contributed by atoms with Gasteiger partial charge in [-0.15, -0.1) is 0 Å². The number of hydrogen-bond donors (Lipinski definition) is 1. The summed E-state index contributed by atoms with van der Waals surface area (Å²) in [5, 5.41) is 1.86. The van der Waals surface area contributed by atoms with Gasteiger partial charge in [0.15, 0.2) is 0 Å². The molecule has 4 heterocycles. The number of likely N-dealkylation sites (tertiary alicyclic amines) is 1. The molecule has 4 aromatic rings. The first-order valence-corrected chi connectivity index (χ1v) is 13.9. The van der Waals surface area contributed by atoms with Crippen LogP contribution >= 0.6 is 0 Å². The molecule has 0 saturated carbocycles. The molecule has 0 aliphatic carbocycles. The molecule has 0 radical (unpaired) electrons. The number of nitrogens with two attached hydrogens (primary N) is 1. The summed E-state index contributed by atoms with van der Waals surface area (Å²) < 4.78 is 25.4. The number of nitrogens with zero attached hydrogens (tertiary/aromatic N) is 4. The summed E-state index contributed by atoms with van der Waals surface area (Å²) in [6.07, 6.45) is 1.63. The Bertz CT molecular complexity index is 1660. The van der Waals surface area contributed by atoms with Crippen LogP contribution in [0.4, 0.5) is 0 Å². The Kier molecular flexibility index (Phi) is 5.86. The van der Waals surface area contributed by atoms with Crippen LogP contribution in [0.2, 0.25) is 0 Å². The number of aromatic nitrogens is 2. The van der Waals surface area contributed by atoms with Crippen LogP contribution in [0.1, 0.15) is 16.1 Å². The molecule has 0 atom stereocenters. The Labute approximate surface area is 221 Å². The molecular weight excluding hydrogens is 498 g/mol. The number of amides is 1. The molecule has 2 aromatic carbocycles. The molecule has 192 valence electrons. The lowest BCUT2D eigenvalue weighted by Crippen LogP contribution is -2.72. The van der Waals surface area contributed by atoms with Gasteiger partial charge in [-0.05, 0) is 23.3 Å². The molecule has 1 amide bonds. The highest BCUT2D eigenvalue weighted by Gasteiger charge is 2.54. The van der Waals surface area contributed by atoms with Crippen LogP contribution in [0.25, 0.3) is 33.3 Å². The Morgan fingerprint density at radius 2 is 1.71 bits per heavy atom. The van der Waals surface area contributed by atoms with Crippen molar-refractivity contribution >= 4 is 26.8 Å². The number of carbonyl (C=O) groups excluding carboxylic acids is 1. The minimum Gasteiger partial charge on any atom is -0.364 e. The Morgan fingerprint density at radius 1 is 1.00 bits per heavy atom. The van der Waals surface area contributed by atoms with Gasteiger partial charge in [0.25, 0.3) is 5.91 Å². The molecule has 0 unspecified atom stereocenters. The summed E-state index contributed by atoms with van der Waals surface area (Å²) in [5.41, 5.74) is 11.4. The van der Waals surface area contributed by atoms with E-state index in [0.717, 1.165) is 52.8 Å². The highest BCUT2D eigenvalue weighted by molar-refractivity contribution is 7.92. The van der Waals surface area contributed by atoms with Gasteiger partial charge in [-0.2, -0.15) is 4.31 Å². The van der Waals surface area contributed by atoms with Crippen molar-refractivity contribution in [2.45, 2.75) is 6.54 Å². The van der Waals surface area contributed by atoms with Gasteiger partial charge in [0, 0.05) is 66.3 Å². The number of sulfonamides is 1. The fourth-order valence-electron chi connectivity index (χ4n) is 5.49. The first-order chi connectivity index (χ1) is 18.2. The lowest BCUT2D eigenvalue weighted by molar-refractivity contribution is -0.0842. The molecule has 2 saturated heterocycles. The number of carbonyl (C=O) groups is 1. The van der Waals surface area contributed by atoms with Crippen LogP contribution in [0.5, 0.6) is 0 Å². The van der Waals surface area contributed by atoms with Crippen LogP contribution in [-0.4, -0.2) is 59.7 Å². The molecule has 1 spiro atoms. The third-order valence-electron chi connectivity index (χ3n) is 7.38. The van der Waals surface area contributed by atoms with Crippen molar-refractivity contribution in [3.8, 4) is 22.4 Å². The SMILES string of the molecule is C=CS(=O)(=O)N1CC2(CN(Cc3ccc(-c4nc5cc(C(N)=O)ncc5cc4-c4ccccc4)cc3)C2)C1. The summed E-state index contributed by atoms with van der Waals surface area (Å²) in [6.45, 7) is 7.13. The second-order valence-corrected chi connectivity index (χ2v) is 12.1. The van der Waals surface area contributed by atoms with E-state index in [-0.39, 0.29) is 11.1 Å². The van der Waals surface area contributed by atoms with Crippen molar-refractivity contribution in [3.05, 3.63) is 96.2 Å². The van der Waals surface area contributed by atoms with Gasteiger partial charge in [0.05, 0.1) is 11.2 Å². The second-order valence-electron chi connectivity index (χ2n) is 10.2. The predicted molar refractivity (Wildman–Crippen MR) is 147 cm³/mol. The van der Waals surface area contributed by atoms with Gasteiger partial charge in [0.1, 0.15) is 5.69 Å². The number of hydrogen-bond acceptors (Lipinski definition) is 6. The third-order valence-corrected chi connectivity index (χ3v) is 8.78. The van der Waals surface area contributed by atoms with Crippen LogP contribution in [-0.2, 0) is 16.6 Å². The van der Waals surface area contributed by atoms with Crippen molar-refractivity contribution in [1.82, 2.24) is 19.2 Å². The van der Waals surface area contributed by atoms with Crippen LogP contribution in [0.15, 0.2) is 84.9 Å². The van der Waals surface area contributed by atoms with Gasteiger partial charge in [-0.3, -0.25) is 14.7 Å². The number of benzene rings is 2. The number of fused-ring (bicyclic) bond motifs is 1. The van der Waals surface area contributed by atoms with Gasteiger partial charge < -0.3 is 5.73 Å². The lowest BCUT2D eigenvalue weighted by Gasteiger charge is -2.59. The fraction of sp³-hybridized carbons (Fsp3) is 0.207. The smallest absolute Gasteiger partial charge is 0.267 e. The molecule has 0 bridgehead atoms. The van der Waals surface area contributed by atoms with Crippen LogP contribution in [0, 0.1) is 5.41 Å². The minimum atomic E-state index is -3.31. The molecule has 8 nitrogen and oxygen atoms in total. The largest absolute Gasteiger partial charge is 0.364 e. The first kappa shape index (κ1) is 24.4. The van der Waals surface area contributed by atoms with E-state index in [9.17, 15) is 13.2 Å². The summed E-state index contributed by atoms with van der Waals surface area (Å²) in [5.74, 6) is -0.587. The first-order valence-electron chi connectivity index (χ1n) is 12.4. The Hall–Kier alpha value is -3.92. The normalized spacial score (nSPS) is 17.2. The average Bonchev–Trinajstić information content (AvgIpc) is 2.89. The monoisotopic (exact) mass is 525 g/mol. The molecule has 6 rings (SSSR count). The second kappa shape index (κ2) is 9.13. The molecule has 2 aliphatic rings. The maximum atomic E-state index is 11.9. The number of primary amides is 1. The van der Waals surface area contributed by atoms with Gasteiger partial charge in [0.2, 0.25) is 10.0 Å². The maximum absolute atomic E-state index is 11.9. The summed E-state index contributed by atoms with van der Waals surface area (Å²) in [4.78, 5) is 23.1. The van der Waals surface area contributed by atoms with E-state index in [4.69, 9.17) is 10.7 Å². The molecule has 9 heteroatoms. The van der Waals surface area contributed by atoms with Crippen molar-refractivity contribution in [2.75, 3.05) is 26.2 Å². The van der Waals surface area contributed by atoms with Crippen molar-refractivity contribution < 1.29 is 13.2 Å². The minimum absolute atomic E-state index is 0.0776. The molecule has 38 heavy (non-hydrogen) atoms. The zero-order valence-electron chi connectivity index (χ0n) is 20.7. The summed E-state index contributed by atoms with van der Waals surface area (Å²) >= 11 is 0. The van der Waals surface area contributed by atoms with E-state index in [1.165, 1.54) is 9.87 Å². The topological polar surface area (TPSA) is 109 Å². The molecule has 2 aliphatic heterocycles. The van der Waals surface area contributed by atoms with Crippen molar-refractivity contribution in [1.29, 1.82) is 0 Å². The van der Waals surface area contributed by atoms with Crippen LogP contribution < -0.4 is 5.73 Å². The Morgan fingerprint density at radius 3 is 2.37 bits per heavy atom. The Balaban J connectivity index is 1.23. The lowest BCUT2D eigenvalue weighted by atomic mass is 9.74. The average molecular weight is 526 g/mol. The van der Waals surface area contributed by atoms with Crippen molar-refractivity contribution in [3.63, 3.8) is 0 Å². The van der Waals surface area contributed by atoms with E-state index in [1.807, 2.05) is 36.4 Å². The zero-order chi connectivity index (χ0) is 26.5. The van der Waals surface area contributed by atoms with Crippen molar-refractivity contribution in [2.24, 2.45) is 11.1 Å². The van der Waals surface area contributed by atoms with E-state index in [0.29, 0.717) is 18.6 Å². The molecule has 2 fully saturated rings. The molecule has 2 aromatic heterocycles. The van der Waals surface area contributed by atoms with E-state index >= 15 is 0 Å². The third kappa shape index (κ3) is 4.38.